The SMILES string of the molecule is CCCCCCC(C)CCl. The second-order valence-corrected chi connectivity index (χ2v) is 3.42. The lowest BCUT2D eigenvalue weighted by Crippen LogP contribution is -1.94. The Hall–Kier alpha value is 0.290. The predicted molar refractivity (Wildman–Crippen MR) is 48.6 cm³/mol. The van der Waals surface area contributed by atoms with Gasteiger partial charge in [-0.05, 0) is 12.3 Å². The smallest absolute Gasteiger partial charge is 0.0249 e. The maximum atomic E-state index is 5.66. The standard InChI is InChI=1S/C9H19Cl/c1-3-4-5-6-7-9(2)8-10/h9H,3-8H2,1-2H3. The van der Waals surface area contributed by atoms with E-state index in [1.165, 1.54) is 32.1 Å². The topological polar surface area (TPSA) is 0 Å². The third-order valence-electron chi connectivity index (χ3n) is 1.81. The number of alkyl halides is 1. The molecule has 0 saturated heterocycles. The Balaban J connectivity index is 2.89. The number of hydrogen-bond donors (Lipinski definition) is 0. The van der Waals surface area contributed by atoms with Crippen molar-refractivity contribution in [1.82, 2.24) is 0 Å². The van der Waals surface area contributed by atoms with Crippen molar-refractivity contribution in [3.8, 4) is 0 Å². The summed E-state index contributed by atoms with van der Waals surface area (Å²) >= 11 is 5.66. The molecular formula is C9H19Cl. The van der Waals surface area contributed by atoms with Crippen molar-refractivity contribution in [3.05, 3.63) is 0 Å². The summed E-state index contributed by atoms with van der Waals surface area (Å²) in [7, 11) is 0. The molecule has 0 N–H and O–H groups in total. The average Bonchev–Trinajstić information content (AvgIpc) is 1.98. The summed E-state index contributed by atoms with van der Waals surface area (Å²) in [5.74, 6) is 1.55. The van der Waals surface area contributed by atoms with Crippen molar-refractivity contribution < 1.29 is 0 Å². The van der Waals surface area contributed by atoms with Crippen LogP contribution in [0.25, 0.3) is 0 Å². The van der Waals surface area contributed by atoms with Gasteiger partial charge in [0.2, 0.25) is 0 Å². The van der Waals surface area contributed by atoms with Gasteiger partial charge in [0.25, 0.3) is 0 Å². The summed E-state index contributed by atoms with van der Waals surface area (Å²) in [6, 6.07) is 0. The Morgan fingerprint density at radius 3 is 2.40 bits per heavy atom. The molecular weight excluding hydrogens is 144 g/mol. The van der Waals surface area contributed by atoms with Crippen LogP contribution in [0.4, 0.5) is 0 Å². The summed E-state index contributed by atoms with van der Waals surface area (Å²) in [6.07, 6.45) is 6.77. The van der Waals surface area contributed by atoms with E-state index in [0.717, 1.165) is 11.8 Å². The summed E-state index contributed by atoms with van der Waals surface area (Å²) in [4.78, 5) is 0. The summed E-state index contributed by atoms with van der Waals surface area (Å²) in [6.45, 7) is 4.46. The summed E-state index contributed by atoms with van der Waals surface area (Å²) in [5.41, 5.74) is 0. The second kappa shape index (κ2) is 7.40. The van der Waals surface area contributed by atoms with Gasteiger partial charge < -0.3 is 0 Å². The van der Waals surface area contributed by atoms with Crippen LogP contribution < -0.4 is 0 Å². The van der Waals surface area contributed by atoms with Gasteiger partial charge in [0.15, 0.2) is 0 Å². The first-order valence-electron chi connectivity index (χ1n) is 4.37. The van der Waals surface area contributed by atoms with Crippen LogP contribution in [0.15, 0.2) is 0 Å². The van der Waals surface area contributed by atoms with Crippen molar-refractivity contribution in [1.29, 1.82) is 0 Å². The normalized spacial score (nSPS) is 13.5. The van der Waals surface area contributed by atoms with E-state index in [-0.39, 0.29) is 0 Å². The second-order valence-electron chi connectivity index (χ2n) is 3.11. The van der Waals surface area contributed by atoms with Crippen LogP contribution in [-0.4, -0.2) is 5.88 Å². The monoisotopic (exact) mass is 162 g/mol. The van der Waals surface area contributed by atoms with Gasteiger partial charge in [-0.3, -0.25) is 0 Å². The number of halogens is 1. The maximum absolute atomic E-state index is 5.66. The van der Waals surface area contributed by atoms with Crippen LogP contribution in [0, 0.1) is 5.92 Å². The Morgan fingerprint density at radius 1 is 1.20 bits per heavy atom. The molecule has 0 saturated carbocycles. The van der Waals surface area contributed by atoms with Gasteiger partial charge in [-0.2, -0.15) is 0 Å². The zero-order valence-corrected chi connectivity index (χ0v) is 7.95. The van der Waals surface area contributed by atoms with Crippen LogP contribution in [0.1, 0.15) is 46.0 Å². The first-order chi connectivity index (χ1) is 4.81. The molecule has 0 heterocycles. The van der Waals surface area contributed by atoms with Gasteiger partial charge in [0.05, 0.1) is 0 Å². The Bertz CT molecular complexity index is 61.7. The van der Waals surface area contributed by atoms with E-state index >= 15 is 0 Å². The molecule has 0 fully saturated rings. The number of unbranched alkanes of at least 4 members (excludes halogenated alkanes) is 3. The molecule has 0 aromatic carbocycles. The van der Waals surface area contributed by atoms with Crippen molar-refractivity contribution >= 4 is 11.6 Å². The minimum absolute atomic E-state index is 0.721. The molecule has 62 valence electrons. The van der Waals surface area contributed by atoms with E-state index in [4.69, 9.17) is 11.6 Å². The average molecular weight is 163 g/mol. The van der Waals surface area contributed by atoms with Crippen molar-refractivity contribution in [3.63, 3.8) is 0 Å². The lowest BCUT2D eigenvalue weighted by atomic mass is 10.0. The molecule has 0 amide bonds. The van der Waals surface area contributed by atoms with Crippen LogP contribution in [0.3, 0.4) is 0 Å². The van der Waals surface area contributed by atoms with Crippen molar-refractivity contribution in [2.75, 3.05) is 5.88 Å². The summed E-state index contributed by atoms with van der Waals surface area (Å²) < 4.78 is 0. The molecule has 10 heavy (non-hydrogen) atoms. The van der Waals surface area contributed by atoms with Gasteiger partial charge in [0, 0.05) is 5.88 Å². The van der Waals surface area contributed by atoms with Gasteiger partial charge >= 0.3 is 0 Å². The van der Waals surface area contributed by atoms with Gasteiger partial charge in [-0.1, -0.05) is 39.5 Å². The molecule has 0 aliphatic rings. The maximum Gasteiger partial charge on any atom is 0.0249 e. The van der Waals surface area contributed by atoms with E-state index < -0.39 is 0 Å². The fourth-order valence-corrected chi connectivity index (χ4v) is 1.15. The highest BCUT2D eigenvalue weighted by molar-refractivity contribution is 6.18. The molecule has 0 aromatic rings. The largest absolute Gasteiger partial charge is 0.126 e. The van der Waals surface area contributed by atoms with E-state index in [2.05, 4.69) is 13.8 Å². The lowest BCUT2D eigenvalue weighted by molar-refractivity contribution is 0.529. The fraction of sp³-hybridized carbons (Fsp3) is 1.00. The predicted octanol–water partition coefficient (Wildman–Crippen LogP) is 3.83. The molecule has 0 rings (SSSR count). The van der Waals surface area contributed by atoms with Gasteiger partial charge in [-0.25, -0.2) is 0 Å². The van der Waals surface area contributed by atoms with E-state index in [9.17, 15) is 0 Å². The molecule has 1 unspecified atom stereocenters. The van der Waals surface area contributed by atoms with Crippen LogP contribution in [0.2, 0.25) is 0 Å². The highest BCUT2D eigenvalue weighted by Crippen LogP contribution is 2.10. The highest BCUT2D eigenvalue weighted by Gasteiger charge is 1.97. The zero-order chi connectivity index (χ0) is 7.82. The molecule has 1 heteroatoms. The molecule has 0 bridgehead atoms. The Kier molecular flexibility index (Phi) is 7.61. The van der Waals surface area contributed by atoms with Gasteiger partial charge in [0.1, 0.15) is 0 Å². The van der Waals surface area contributed by atoms with Crippen molar-refractivity contribution in [2.24, 2.45) is 5.92 Å². The van der Waals surface area contributed by atoms with E-state index in [1.807, 2.05) is 0 Å². The van der Waals surface area contributed by atoms with Crippen molar-refractivity contribution in [2.45, 2.75) is 46.0 Å². The van der Waals surface area contributed by atoms with Crippen LogP contribution in [0.5, 0.6) is 0 Å². The summed E-state index contributed by atoms with van der Waals surface area (Å²) in [5, 5.41) is 0. The molecule has 0 aromatic heterocycles. The van der Waals surface area contributed by atoms with Crippen LogP contribution >= 0.6 is 11.6 Å². The van der Waals surface area contributed by atoms with E-state index in [0.29, 0.717) is 0 Å². The molecule has 0 nitrogen and oxygen atoms in total. The Labute approximate surface area is 70.0 Å². The zero-order valence-electron chi connectivity index (χ0n) is 7.20. The third kappa shape index (κ3) is 6.41. The lowest BCUT2D eigenvalue weighted by Gasteiger charge is -2.05. The third-order valence-corrected chi connectivity index (χ3v) is 2.34. The molecule has 0 aliphatic heterocycles. The minimum Gasteiger partial charge on any atom is -0.126 e. The minimum atomic E-state index is 0.721. The van der Waals surface area contributed by atoms with Gasteiger partial charge in [-0.15, -0.1) is 11.6 Å². The first-order valence-corrected chi connectivity index (χ1v) is 4.90. The van der Waals surface area contributed by atoms with Crippen LogP contribution in [-0.2, 0) is 0 Å². The quantitative estimate of drug-likeness (QED) is 0.412. The molecule has 0 aliphatic carbocycles. The van der Waals surface area contributed by atoms with E-state index in [1.54, 1.807) is 0 Å². The molecule has 0 spiro atoms. The highest BCUT2D eigenvalue weighted by atomic mass is 35.5. The first kappa shape index (κ1) is 10.3. The fourth-order valence-electron chi connectivity index (χ4n) is 0.997. The Morgan fingerprint density at radius 2 is 1.90 bits per heavy atom. The number of hydrogen-bond acceptors (Lipinski definition) is 0. The molecule has 0 radical (unpaired) electrons. The molecule has 1 atom stereocenters. The number of rotatable bonds is 6.